The highest BCUT2D eigenvalue weighted by molar-refractivity contribution is 5.35. The van der Waals surface area contributed by atoms with E-state index in [0.29, 0.717) is 12.2 Å². The van der Waals surface area contributed by atoms with Gasteiger partial charge in [-0.15, -0.1) is 0 Å². The van der Waals surface area contributed by atoms with E-state index in [-0.39, 0.29) is 0 Å². The topological polar surface area (TPSA) is 30.9 Å². The van der Waals surface area contributed by atoms with Crippen LogP contribution in [0.3, 0.4) is 0 Å². The molecule has 0 spiro atoms. The average Bonchev–Trinajstić information content (AvgIpc) is 2.67. The molecule has 0 radical (unpaired) electrons. The fourth-order valence-electron chi connectivity index (χ4n) is 1.60. The summed E-state index contributed by atoms with van der Waals surface area (Å²) in [6.07, 6.45) is 4.28. The van der Waals surface area contributed by atoms with Crippen LogP contribution in [0, 0.1) is 11.6 Å². The third kappa shape index (κ3) is 2.12. The van der Waals surface area contributed by atoms with Crippen molar-refractivity contribution in [3.05, 3.63) is 53.9 Å². The fraction of sp³-hybridized carbons (Fsp3) is 0.167. The molecular formula is C12H12F2N2. The molecule has 84 valence electrons. The Morgan fingerprint density at radius 3 is 2.69 bits per heavy atom. The van der Waals surface area contributed by atoms with Gasteiger partial charge >= 0.3 is 0 Å². The summed E-state index contributed by atoms with van der Waals surface area (Å²) in [5.41, 5.74) is 6.80. The van der Waals surface area contributed by atoms with E-state index >= 15 is 0 Å². The summed E-state index contributed by atoms with van der Waals surface area (Å²) in [4.78, 5) is 0. The van der Waals surface area contributed by atoms with Crippen molar-refractivity contribution >= 4 is 0 Å². The van der Waals surface area contributed by atoms with Crippen molar-refractivity contribution in [3.8, 4) is 5.69 Å². The normalized spacial score (nSPS) is 10.7. The molecule has 2 rings (SSSR count). The molecular weight excluding hydrogens is 210 g/mol. The summed E-state index contributed by atoms with van der Waals surface area (Å²) in [7, 11) is 0. The van der Waals surface area contributed by atoms with Crippen LogP contribution >= 0.6 is 0 Å². The van der Waals surface area contributed by atoms with Gasteiger partial charge in [0.1, 0.15) is 11.6 Å². The van der Waals surface area contributed by atoms with Gasteiger partial charge in [0, 0.05) is 18.5 Å². The first-order chi connectivity index (χ1) is 7.70. The van der Waals surface area contributed by atoms with Gasteiger partial charge in [-0.1, -0.05) is 0 Å². The molecule has 0 fully saturated rings. The standard InChI is InChI=1S/C12H12F2N2/c13-10-1-2-12(11(14)7-10)16-6-4-9(8-16)3-5-15/h1-2,4,6-8H,3,5,15H2. The van der Waals surface area contributed by atoms with Gasteiger partial charge in [-0.2, -0.15) is 0 Å². The van der Waals surface area contributed by atoms with E-state index < -0.39 is 11.6 Å². The zero-order valence-electron chi connectivity index (χ0n) is 8.66. The molecule has 0 aliphatic rings. The van der Waals surface area contributed by atoms with E-state index in [9.17, 15) is 8.78 Å². The minimum absolute atomic E-state index is 0.338. The Hall–Kier alpha value is -1.68. The van der Waals surface area contributed by atoms with Crippen molar-refractivity contribution in [3.63, 3.8) is 0 Å². The average molecular weight is 222 g/mol. The van der Waals surface area contributed by atoms with Crippen molar-refractivity contribution in [2.24, 2.45) is 5.73 Å². The number of nitrogens with two attached hydrogens (primary N) is 1. The van der Waals surface area contributed by atoms with E-state index in [1.165, 1.54) is 12.1 Å². The zero-order chi connectivity index (χ0) is 11.5. The van der Waals surface area contributed by atoms with E-state index in [1.807, 2.05) is 6.07 Å². The smallest absolute Gasteiger partial charge is 0.150 e. The first-order valence-electron chi connectivity index (χ1n) is 5.03. The number of nitrogens with zero attached hydrogens (tertiary/aromatic N) is 1. The molecule has 0 saturated heterocycles. The molecule has 1 aromatic heterocycles. The Balaban J connectivity index is 2.35. The SMILES string of the molecule is NCCc1ccn(-c2ccc(F)cc2F)c1. The number of benzene rings is 1. The number of hydrogen-bond donors (Lipinski definition) is 1. The van der Waals surface area contributed by atoms with Crippen molar-refractivity contribution in [1.82, 2.24) is 4.57 Å². The summed E-state index contributed by atoms with van der Waals surface area (Å²) in [5.74, 6) is -1.15. The van der Waals surface area contributed by atoms with Crippen LogP contribution in [-0.2, 0) is 6.42 Å². The van der Waals surface area contributed by atoms with Gasteiger partial charge in [0.2, 0.25) is 0 Å². The third-order valence-electron chi connectivity index (χ3n) is 2.38. The molecule has 0 bridgehead atoms. The van der Waals surface area contributed by atoms with Crippen molar-refractivity contribution in [2.45, 2.75) is 6.42 Å². The van der Waals surface area contributed by atoms with Crippen LogP contribution in [0.1, 0.15) is 5.56 Å². The van der Waals surface area contributed by atoms with Gasteiger partial charge in [-0.25, -0.2) is 8.78 Å². The number of hydrogen-bond acceptors (Lipinski definition) is 1. The Morgan fingerprint density at radius 1 is 1.19 bits per heavy atom. The fourth-order valence-corrected chi connectivity index (χ4v) is 1.60. The Labute approximate surface area is 92.3 Å². The van der Waals surface area contributed by atoms with Gasteiger partial charge in [0.05, 0.1) is 5.69 Å². The number of halogens is 2. The largest absolute Gasteiger partial charge is 0.330 e. The maximum Gasteiger partial charge on any atom is 0.150 e. The first-order valence-corrected chi connectivity index (χ1v) is 5.03. The van der Waals surface area contributed by atoms with Crippen LogP contribution < -0.4 is 5.73 Å². The Kier molecular flexibility index (Phi) is 3.01. The molecule has 2 N–H and O–H groups in total. The quantitative estimate of drug-likeness (QED) is 0.848. The molecule has 1 heterocycles. The molecule has 0 atom stereocenters. The van der Waals surface area contributed by atoms with Crippen molar-refractivity contribution in [2.75, 3.05) is 6.54 Å². The molecule has 2 aromatic rings. The predicted octanol–water partition coefficient (Wildman–Crippen LogP) is 2.26. The van der Waals surface area contributed by atoms with Gasteiger partial charge in [0.15, 0.2) is 0 Å². The molecule has 0 aliphatic heterocycles. The Morgan fingerprint density at radius 2 is 2.00 bits per heavy atom. The van der Waals surface area contributed by atoms with Gasteiger partial charge in [-0.3, -0.25) is 0 Å². The van der Waals surface area contributed by atoms with Gasteiger partial charge in [-0.05, 0) is 36.7 Å². The molecule has 0 amide bonds. The van der Waals surface area contributed by atoms with Gasteiger partial charge in [0.25, 0.3) is 0 Å². The lowest BCUT2D eigenvalue weighted by atomic mass is 10.2. The highest BCUT2D eigenvalue weighted by Gasteiger charge is 2.05. The number of aromatic nitrogens is 1. The maximum atomic E-state index is 13.4. The molecule has 0 aliphatic carbocycles. The van der Waals surface area contributed by atoms with Crippen molar-refractivity contribution in [1.29, 1.82) is 0 Å². The summed E-state index contributed by atoms with van der Waals surface area (Å²) in [5, 5.41) is 0. The number of rotatable bonds is 3. The van der Waals surface area contributed by atoms with Crippen LogP contribution in [0.25, 0.3) is 5.69 Å². The summed E-state index contributed by atoms with van der Waals surface area (Å²) in [6.45, 7) is 0.552. The monoisotopic (exact) mass is 222 g/mol. The minimum atomic E-state index is -0.574. The lowest BCUT2D eigenvalue weighted by Gasteiger charge is -2.04. The molecule has 0 saturated carbocycles. The lowest BCUT2D eigenvalue weighted by Crippen LogP contribution is -2.02. The van der Waals surface area contributed by atoms with E-state index in [4.69, 9.17) is 5.73 Å². The van der Waals surface area contributed by atoms with E-state index in [2.05, 4.69) is 0 Å². The maximum absolute atomic E-state index is 13.4. The molecule has 4 heteroatoms. The second-order valence-electron chi connectivity index (χ2n) is 3.56. The first kappa shape index (κ1) is 10.8. The van der Waals surface area contributed by atoms with Crippen LogP contribution in [0.15, 0.2) is 36.7 Å². The van der Waals surface area contributed by atoms with Crippen LogP contribution in [0.2, 0.25) is 0 Å². The predicted molar refractivity (Wildman–Crippen MR) is 58.4 cm³/mol. The van der Waals surface area contributed by atoms with Crippen LogP contribution in [0.4, 0.5) is 8.78 Å². The summed E-state index contributed by atoms with van der Waals surface area (Å²) in [6, 6.07) is 5.39. The Bertz CT molecular complexity index is 492. The molecule has 16 heavy (non-hydrogen) atoms. The lowest BCUT2D eigenvalue weighted by molar-refractivity contribution is 0.578. The molecule has 0 unspecified atom stereocenters. The second-order valence-corrected chi connectivity index (χ2v) is 3.56. The van der Waals surface area contributed by atoms with Crippen LogP contribution in [-0.4, -0.2) is 11.1 Å². The zero-order valence-corrected chi connectivity index (χ0v) is 8.66. The van der Waals surface area contributed by atoms with Crippen molar-refractivity contribution < 1.29 is 8.78 Å². The summed E-state index contributed by atoms with van der Waals surface area (Å²) < 4.78 is 27.8. The molecule has 2 nitrogen and oxygen atoms in total. The summed E-state index contributed by atoms with van der Waals surface area (Å²) >= 11 is 0. The van der Waals surface area contributed by atoms with Crippen LogP contribution in [0.5, 0.6) is 0 Å². The molecule has 1 aromatic carbocycles. The highest BCUT2D eigenvalue weighted by atomic mass is 19.1. The van der Waals surface area contributed by atoms with Gasteiger partial charge < -0.3 is 10.3 Å². The van der Waals surface area contributed by atoms with E-state index in [1.54, 1.807) is 17.0 Å². The van der Waals surface area contributed by atoms with E-state index in [0.717, 1.165) is 18.1 Å². The highest BCUT2D eigenvalue weighted by Crippen LogP contribution is 2.16. The second kappa shape index (κ2) is 4.45. The minimum Gasteiger partial charge on any atom is -0.330 e. The third-order valence-corrected chi connectivity index (χ3v) is 2.38.